The van der Waals surface area contributed by atoms with E-state index in [1.165, 1.54) is 11.1 Å². The second kappa shape index (κ2) is 5.29. The van der Waals surface area contributed by atoms with Crippen molar-refractivity contribution >= 4 is 5.84 Å². The number of nitrogens with zero attached hydrogens (tertiary/aromatic N) is 2. The topological polar surface area (TPSA) is 36.9 Å². The molecule has 0 aromatic heterocycles. The maximum Gasteiger partial charge on any atom is 0.164 e. The molecule has 1 heterocycles. The Morgan fingerprint density at radius 3 is 2.83 bits per heavy atom. The highest BCUT2D eigenvalue weighted by Crippen LogP contribution is 2.27. The summed E-state index contributed by atoms with van der Waals surface area (Å²) in [6.45, 7) is 7.70. The van der Waals surface area contributed by atoms with Crippen molar-refractivity contribution in [2.24, 2.45) is 5.10 Å². The summed E-state index contributed by atoms with van der Waals surface area (Å²) in [7, 11) is 2.00. The number of aryl methyl sites for hydroxylation is 1. The van der Waals surface area contributed by atoms with Crippen LogP contribution in [-0.2, 0) is 0 Å². The summed E-state index contributed by atoms with van der Waals surface area (Å²) in [6.07, 6.45) is 0. The number of hydrazone groups is 1. The Hall–Kier alpha value is -1.71. The Bertz CT molecular complexity index is 454. The van der Waals surface area contributed by atoms with Gasteiger partial charge in [0.05, 0.1) is 0 Å². The molecule has 0 aliphatic carbocycles. The van der Waals surface area contributed by atoms with Crippen LogP contribution in [0.25, 0.3) is 0 Å². The van der Waals surface area contributed by atoms with Crippen molar-refractivity contribution in [2.45, 2.75) is 26.7 Å². The van der Waals surface area contributed by atoms with Gasteiger partial charge in [0.15, 0.2) is 5.84 Å². The van der Waals surface area contributed by atoms with Gasteiger partial charge >= 0.3 is 0 Å². The molecule has 0 bridgehead atoms. The molecule has 1 N–H and O–H groups in total. The van der Waals surface area contributed by atoms with E-state index >= 15 is 0 Å². The van der Waals surface area contributed by atoms with Gasteiger partial charge < -0.3 is 9.64 Å². The van der Waals surface area contributed by atoms with Crippen LogP contribution in [0.2, 0.25) is 0 Å². The number of hydrogen-bond acceptors (Lipinski definition) is 4. The first-order valence-corrected chi connectivity index (χ1v) is 6.32. The number of benzene rings is 1. The molecule has 0 fully saturated rings. The number of hydrogen-bond donors (Lipinski definition) is 1. The molecule has 1 aliphatic heterocycles. The van der Waals surface area contributed by atoms with E-state index in [1.807, 2.05) is 11.9 Å². The SMILES string of the molecule is Cc1ccc(C(C)C)c(OCC2=NNCN2C)c1. The zero-order chi connectivity index (χ0) is 13.1. The van der Waals surface area contributed by atoms with E-state index in [1.54, 1.807) is 0 Å². The van der Waals surface area contributed by atoms with Gasteiger partial charge in [0.1, 0.15) is 19.0 Å². The third-order valence-corrected chi connectivity index (χ3v) is 3.10. The quantitative estimate of drug-likeness (QED) is 0.887. The largest absolute Gasteiger partial charge is 0.485 e. The van der Waals surface area contributed by atoms with E-state index in [0.29, 0.717) is 12.5 Å². The number of likely N-dealkylation sites (N-methyl/N-ethyl adjacent to an activating group) is 1. The van der Waals surface area contributed by atoms with Gasteiger partial charge in [0, 0.05) is 7.05 Å². The molecule has 0 saturated heterocycles. The Kier molecular flexibility index (Phi) is 3.75. The third-order valence-electron chi connectivity index (χ3n) is 3.10. The molecular formula is C14H21N3O. The maximum atomic E-state index is 5.92. The normalized spacial score (nSPS) is 14.7. The number of rotatable bonds is 4. The summed E-state index contributed by atoms with van der Waals surface area (Å²) in [5.74, 6) is 2.36. The van der Waals surface area contributed by atoms with Gasteiger partial charge in [-0.05, 0) is 30.0 Å². The third kappa shape index (κ3) is 2.75. The van der Waals surface area contributed by atoms with Gasteiger partial charge in [-0.1, -0.05) is 26.0 Å². The fraction of sp³-hybridized carbons (Fsp3) is 0.500. The first kappa shape index (κ1) is 12.7. The molecule has 0 saturated carbocycles. The lowest BCUT2D eigenvalue weighted by Gasteiger charge is -2.17. The van der Waals surface area contributed by atoms with Crippen LogP contribution >= 0.6 is 0 Å². The lowest BCUT2D eigenvalue weighted by Crippen LogP contribution is -2.29. The molecule has 0 unspecified atom stereocenters. The standard InChI is InChI=1S/C14H21N3O/c1-10(2)12-6-5-11(3)7-13(12)18-8-14-16-15-9-17(14)4/h5-7,10,15H,8-9H2,1-4H3. The molecule has 1 aromatic carbocycles. The molecule has 4 nitrogen and oxygen atoms in total. The van der Waals surface area contributed by atoms with E-state index in [2.05, 4.69) is 49.5 Å². The molecule has 1 aromatic rings. The van der Waals surface area contributed by atoms with E-state index < -0.39 is 0 Å². The minimum atomic E-state index is 0.460. The number of nitrogens with one attached hydrogen (secondary N) is 1. The van der Waals surface area contributed by atoms with Crippen LogP contribution in [0.3, 0.4) is 0 Å². The van der Waals surface area contributed by atoms with Gasteiger partial charge in [-0.15, -0.1) is 0 Å². The van der Waals surface area contributed by atoms with Crippen LogP contribution in [0, 0.1) is 6.92 Å². The summed E-state index contributed by atoms with van der Waals surface area (Å²) in [5, 5.41) is 4.20. The Morgan fingerprint density at radius 2 is 2.22 bits per heavy atom. The molecule has 4 heteroatoms. The van der Waals surface area contributed by atoms with Gasteiger partial charge in [-0.3, -0.25) is 5.43 Å². The van der Waals surface area contributed by atoms with Crippen molar-refractivity contribution in [3.63, 3.8) is 0 Å². The van der Waals surface area contributed by atoms with Crippen molar-refractivity contribution in [3.8, 4) is 5.75 Å². The molecule has 18 heavy (non-hydrogen) atoms. The van der Waals surface area contributed by atoms with Crippen LogP contribution in [0.5, 0.6) is 5.75 Å². The van der Waals surface area contributed by atoms with Gasteiger partial charge in [-0.25, -0.2) is 0 Å². The zero-order valence-corrected chi connectivity index (χ0v) is 11.5. The minimum Gasteiger partial charge on any atom is -0.485 e. The van der Waals surface area contributed by atoms with Crippen LogP contribution < -0.4 is 10.2 Å². The lowest BCUT2D eigenvalue weighted by atomic mass is 10.0. The molecule has 2 rings (SSSR count). The number of ether oxygens (including phenoxy) is 1. The number of amidine groups is 1. The first-order valence-electron chi connectivity index (χ1n) is 6.32. The van der Waals surface area contributed by atoms with E-state index in [0.717, 1.165) is 18.3 Å². The van der Waals surface area contributed by atoms with Gasteiger partial charge in [0.25, 0.3) is 0 Å². The highest BCUT2D eigenvalue weighted by atomic mass is 16.5. The Morgan fingerprint density at radius 1 is 1.44 bits per heavy atom. The summed E-state index contributed by atoms with van der Waals surface area (Å²) < 4.78 is 5.92. The van der Waals surface area contributed by atoms with E-state index in [-0.39, 0.29) is 0 Å². The average molecular weight is 247 g/mol. The van der Waals surface area contributed by atoms with Crippen LogP contribution in [-0.4, -0.2) is 31.1 Å². The Balaban J connectivity index is 2.10. The summed E-state index contributed by atoms with van der Waals surface area (Å²) in [5.41, 5.74) is 5.40. The minimum absolute atomic E-state index is 0.460. The van der Waals surface area contributed by atoms with E-state index in [4.69, 9.17) is 4.74 Å². The van der Waals surface area contributed by atoms with Crippen LogP contribution in [0.4, 0.5) is 0 Å². The fourth-order valence-corrected chi connectivity index (χ4v) is 1.94. The molecule has 98 valence electrons. The fourth-order valence-electron chi connectivity index (χ4n) is 1.94. The maximum absolute atomic E-state index is 5.92. The second-order valence-electron chi connectivity index (χ2n) is 5.03. The molecule has 0 atom stereocenters. The van der Waals surface area contributed by atoms with Gasteiger partial charge in [-0.2, -0.15) is 5.10 Å². The second-order valence-corrected chi connectivity index (χ2v) is 5.03. The van der Waals surface area contributed by atoms with Crippen molar-refractivity contribution in [1.82, 2.24) is 10.3 Å². The van der Waals surface area contributed by atoms with Crippen LogP contribution in [0.15, 0.2) is 23.3 Å². The Labute approximate surface area is 109 Å². The zero-order valence-electron chi connectivity index (χ0n) is 11.5. The van der Waals surface area contributed by atoms with Crippen molar-refractivity contribution in [2.75, 3.05) is 20.3 Å². The summed E-state index contributed by atoms with van der Waals surface area (Å²) >= 11 is 0. The molecule has 0 amide bonds. The van der Waals surface area contributed by atoms with Gasteiger partial charge in [0.2, 0.25) is 0 Å². The summed E-state index contributed by atoms with van der Waals surface area (Å²) in [4.78, 5) is 2.05. The predicted octanol–water partition coefficient (Wildman–Crippen LogP) is 2.30. The molecule has 0 spiro atoms. The van der Waals surface area contributed by atoms with Crippen molar-refractivity contribution in [3.05, 3.63) is 29.3 Å². The molecule has 0 radical (unpaired) electrons. The first-order chi connectivity index (χ1) is 8.58. The predicted molar refractivity (Wildman–Crippen MR) is 74.0 cm³/mol. The highest BCUT2D eigenvalue weighted by molar-refractivity contribution is 5.84. The highest BCUT2D eigenvalue weighted by Gasteiger charge is 2.14. The average Bonchev–Trinajstić information content (AvgIpc) is 2.72. The lowest BCUT2D eigenvalue weighted by molar-refractivity contribution is 0.352. The summed E-state index contributed by atoms with van der Waals surface area (Å²) in [6, 6.07) is 6.37. The van der Waals surface area contributed by atoms with E-state index in [9.17, 15) is 0 Å². The monoisotopic (exact) mass is 247 g/mol. The smallest absolute Gasteiger partial charge is 0.164 e. The molecular weight excluding hydrogens is 226 g/mol. The van der Waals surface area contributed by atoms with Crippen LogP contribution in [0.1, 0.15) is 30.9 Å². The molecule has 1 aliphatic rings. The van der Waals surface area contributed by atoms with Crippen molar-refractivity contribution in [1.29, 1.82) is 0 Å². The van der Waals surface area contributed by atoms with Crippen molar-refractivity contribution < 1.29 is 4.74 Å².